The Morgan fingerprint density at radius 3 is 2.78 bits per heavy atom. The number of rotatable bonds is 6. The molecule has 2 rings (SSSR count). The lowest BCUT2D eigenvalue weighted by Gasteiger charge is -2.48. The number of hydrogen-bond donors (Lipinski definition) is 1. The topological polar surface area (TPSA) is 64.3 Å². The zero-order valence-corrected chi connectivity index (χ0v) is 11.2. The minimum absolute atomic E-state index is 0.0376. The highest BCUT2D eigenvalue weighted by Crippen LogP contribution is 2.28. The summed E-state index contributed by atoms with van der Waals surface area (Å²) >= 11 is 0. The number of nitrogens with two attached hydrogens (primary N) is 1. The van der Waals surface area contributed by atoms with E-state index in [2.05, 4.69) is 28.7 Å². The monoisotopic (exact) mass is 250 g/mol. The molecule has 1 aromatic rings. The van der Waals surface area contributed by atoms with E-state index in [0.29, 0.717) is 12.5 Å². The van der Waals surface area contributed by atoms with Crippen LogP contribution in [-0.2, 0) is 0 Å². The van der Waals surface area contributed by atoms with Crippen molar-refractivity contribution in [2.24, 2.45) is 5.73 Å². The molecule has 0 aromatic carbocycles. The van der Waals surface area contributed by atoms with Crippen molar-refractivity contribution < 1.29 is 4.74 Å². The fraction of sp³-hybridized carbons (Fsp3) is 0.692. The van der Waals surface area contributed by atoms with Crippen LogP contribution in [0.2, 0.25) is 0 Å². The Morgan fingerprint density at radius 2 is 2.11 bits per heavy atom. The summed E-state index contributed by atoms with van der Waals surface area (Å²) in [5.74, 6) is 1.56. The van der Waals surface area contributed by atoms with Crippen LogP contribution < -0.4 is 15.4 Å². The van der Waals surface area contributed by atoms with Gasteiger partial charge in [-0.3, -0.25) is 0 Å². The van der Waals surface area contributed by atoms with Crippen molar-refractivity contribution >= 4 is 5.82 Å². The number of ether oxygens (including phenoxy) is 1. The summed E-state index contributed by atoms with van der Waals surface area (Å²) in [6.45, 7) is 6.66. The van der Waals surface area contributed by atoms with E-state index < -0.39 is 0 Å². The van der Waals surface area contributed by atoms with Crippen molar-refractivity contribution in [2.75, 3.05) is 24.6 Å². The predicted molar refractivity (Wildman–Crippen MR) is 71.9 cm³/mol. The Labute approximate surface area is 108 Å². The average Bonchev–Trinajstić information content (AvgIpc) is 2.34. The summed E-state index contributed by atoms with van der Waals surface area (Å²) in [6, 6.07) is 1.89. The normalized spacial score (nSPS) is 17.4. The second-order valence-electron chi connectivity index (χ2n) is 5.03. The zero-order valence-electron chi connectivity index (χ0n) is 11.2. The van der Waals surface area contributed by atoms with Gasteiger partial charge in [-0.2, -0.15) is 0 Å². The molecule has 2 N–H and O–H groups in total. The maximum absolute atomic E-state index is 6.24. The number of anilines is 1. The smallest absolute Gasteiger partial charge is 0.218 e. The fourth-order valence-corrected chi connectivity index (χ4v) is 2.32. The molecular formula is C13H22N4O. The first kappa shape index (κ1) is 13.1. The van der Waals surface area contributed by atoms with Crippen molar-refractivity contribution in [3.05, 3.63) is 12.4 Å². The number of aromatic nitrogens is 2. The lowest BCUT2D eigenvalue weighted by molar-refractivity contribution is 0.297. The first-order valence-electron chi connectivity index (χ1n) is 6.65. The molecule has 0 amide bonds. The van der Waals surface area contributed by atoms with E-state index in [1.54, 1.807) is 6.33 Å². The van der Waals surface area contributed by atoms with Crippen LogP contribution in [0.25, 0.3) is 0 Å². The van der Waals surface area contributed by atoms with Gasteiger partial charge in [0.05, 0.1) is 12.1 Å². The van der Waals surface area contributed by atoms with Crippen molar-refractivity contribution in [2.45, 2.75) is 38.6 Å². The molecule has 1 saturated heterocycles. The highest BCUT2D eigenvalue weighted by molar-refractivity contribution is 5.46. The third-order valence-corrected chi connectivity index (χ3v) is 3.17. The van der Waals surface area contributed by atoms with Gasteiger partial charge in [0.25, 0.3) is 0 Å². The van der Waals surface area contributed by atoms with E-state index in [1.165, 1.54) is 0 Å². The first-order valence-corrected chi connectivity index (χ1v) is 6.65. The maximum Gasteiger partial charge on any atom is 0.218 e. The van der Waals surface area contributed by atoms with Gasteiger partial charge >= 0.3 is 0 Å². The molecule has 18 heavy (non-hydrogen) atoms. The molecule has 100 valence electrons. The Kier molecular flexibility index (Phi) is 4.01. The van der Waals surface area contributed by atoms with Crippen LogP contribution in [0.1, 0.15) is 33.1 Å². The largest absolute Gasteiger partial charge is 0.478 e. The summed E-state index contributed by atoms with van der Waals surface area (Å²) in [5.41, 5.74) is 6.21. The Bertz CT molecular complexity index is 390. The molecule has 0 saturated carbocycles. The fourth-order valence-electron chi connectivity index (χ4n) is 2.32. The number of hydrogen-bond acceptors (Lipinski definition) is 5. The highest BCUT2D eigenvalue weighted by Gasteiger charge is 2.39. The summed E-state index contributed by atoms with van der Waals surface area (Å²) in [6.07, 6.45) is 4.72. The molecule has 1 aromatic heterocycles. The van der Waals surface area contributed by atoms with Gasteiger partial charge in [0.15, 0.2) is 0 Å². The molecule has 2 heterocycles. The maximum atomic E-state index is 6.24. The minimum Gasteiger partial charge on any atom is -0.478 e. The second kappa shape index (κ2) is 5.52. The Balaban J connectivity index is 1.94. The van der Waals surface area contributed by atoms with Gasteiger partial charge in [-0.05, 0) is 12.8 Å². The Morgan fingerprint density at radius 1 is 1.33 bits per heavy atom. The SMILES string of the molecule is CCCOc1cc(N2CC(N)(CCC)C2)ncn1. The molecule has 0 aliphatic carbocycles. The van der Waals surface area contributed by atoms with Crippen LogP contribution in [0.4, 0.5) is 5.82 Å². The van der Waals surface area contributed by atoms with Crippen LogP contribution in [0.5, 0.6) is 5.88 Å². The van der Waals surface area contributed by atoms with E-state index in [4.69, 9.17) is 10.5 Å². The molecule has 5 nitrogen and oxygen atoms in total. The molecular weight excluding hydrogens is 228 g/mol. The molecule has 1 fully saturated rings. The van der Waals surface area contributed by atoms with Crippen molar-refractivity contribution in [1.82, 2.24) is 9.97 Å². The quantitative estimate of drug-likeness (QED) is 0.830. The average molecular weight is 250 g/mol. The van der Waals surface area contributed by atoms with Crippen molar-refractivity contribution in [1.29, 1.82) is 0 Å². The molecule has 0 atom stereocenters. The molecule has 0 spiro atoms. The van der Waals surface area contributed by atoms with Gasteiger partial charge in [-0.25, -0.2) is 9.97 Å². The van der Waals surface area contributed by atoms with Crippen LogP contribution in [0, 0.1) is 0 Å². The summed E-state index contributed by atoms with van der Waals surface area (Å²) in [5, 5.41) is 0. The van der Waals surface area contributed by atoms with Crippen LogP contribution in [-0.4, -0.2) is 35.2 Å². The summed E-state index contributed by atoms with van der Waals surface area (Å²) in [7, 11) is 0. The summed E-state index contributed by atoms with van der Waals surface area (Å²) in [4.78, 5) is 10.6. The highest BCUT2D eigenvalue weighted by atomic mass is 16.5. The molecule has 0 unspecified atom stereocenters. The first-order chi connectivity index (χ1) is 8.67. The van der Waals surface area contributed by atoms with Crippen molar-refractivity contribution in [3.63, 3.8) is 0 Å². The van der Waals surface area contributed by atoms with E-state index >= 15 is 0 Å². The number of nitrogens with zero attached hydrogens (tertiary/aromatic N) is 3. The summed E-state index contributed by atoms with van der Waals surface area (Å²) < 4.78 is 5.51. The van der Waals surface area contributed by atoms with Crippen LogP contribution in [0.15, 0.2) is 12.4 Å². The molecule has 1 aliphatic rings. The van der Waals surface area contributed by atoms with Gasteiger partial charge in [0, 0.05) is 19.2 Å². The van der Waals surface area contributed by atoms with Gasteiger partial charge in [0.2, 0.25) is 5.88 Å². The van der Waals surface area contributed by atoms with Gasteiger partial charge in [-0.1, -0.05) is 20.3 Å². The minimum atomic E-state index is -0.0376. The third-order valence-electron chi connectivity index (χ3n) is 3.17. The molecule has 1 aliphatic heterocycles. The van der Waals surface area contributed by atoms with E-state index in [9.17, 15) is 0 Å². The molecule has 0 radical (unpaired) electrons. The standard InChI is InChI=1S/C13H22N4O/c1-3-5-13(14)8-17(9-13)11-7-12(16-10-15-11)18-6-4-2/h7,10H,3-6,8-9,14H2,1-2H3. The second-order valence-corrected chi connectivity index (χ2v) is 5.03. The van der Waals surface area contributed by atoms with Gasteiger partial charge in [-0.15, -0.1) is 0 Å². The van der Waals surface area contributed by atoms with E-state index in [-0.39, 0.29) is 5.54 Å². The van der Waals surface area contributed by atoms with E-state index in [1.807, 2.05) is 6.07 Å². The van der Waals surface area contributed by atoms with Crippen LogP contribution >= 0.6 is 0 Å². The molecule has 0 bridgehead atoms. The van der Waals surface area contributed by atoms with Crippen molar-refractivity contribution in [3.8, 4) is 5.88 Å². The van der Waals surface area contributed by atoms with Gasteiger partial charge in [0.1, 0.15) is 12.1 Å². The molecule has 5 heteroatoms. The third kappa shape index (κ3) is 2.90. The lowest BCUT2D eigenvalue weighted by Crippen LogP contribution is -2.67. The lowest BCUT2D eigenvalue weighted by atomic mass is 9.86. The predicted octanol–water partition coefficient (Wildman–Crippen LogP) is 1.58. The van der Waals surface area contributed by atoms with E-state index in [0.717, 1.165) is 38.2 Å². The Hall–Kier alpha value is -1.36. The zero-order chi connectivity index (χ0) is 13.0. The van der Waals surface area contributed by atoms with Gasteiger partial charge < -0.3 is 15.4 Å². The van der Waals surface area contributed by atoms with Crippen LogP contribution in [0.3, 0.4) is 0 Å².